The number of alkyl halides is 2. The number of piperazine rings is 1. The number of nitrogens with zero attached hydrogens (tertiary/aromatic N) is 7. The van der Waals surface area contributed by atoms with Gasteiger partial charge in [-0.05, 0) is 88.1 Å². The fraction of sp³-hybridized carbons (Fsp3) is 0.489. The highest BCUT2D eigenvalue weighted by Crippen LogP contribution is 2.46. The van der Waals surface area contributed by atoms with E-state index >= 15 is 8.78 Å². The van der Waals surface area contributed by atoms with Crippen molar-refractivity contribution in [3.05, 3.63) is 69.1 Å². The predicted octanol–water partition coefficient (Wildman–Crippen LogP) is 5.43. The average Bonchev–Trinajstić information content (AvgIpc) is 4.10. The van der Waals surface area contributed by atoms with Crippen molar-refractivity contribution in [2.24, 2.45) is 11.8 Å². The lowest BCUT2D eigenvalue weighted by atomic mass is 9.94. The van der Waals surface area contributed by atoms with E-state index in [1.807, 2.05) is 32.0 Å². The van der Waals surface area contributed by atoms with Gasteiger partial charge in [0.15, 0.2) is 12.4 Å². The Bertz CT molecular complexity index is 2640. The first-order valence-corrected chi connectivity index (χ1v) is 22.5. The molecular weight excluding hydrogens is 850 g/mol. The summed E-state index contributed by atoms with van der Waals surface area (Å²) in [5.74, 6) is -4.17. The minimum Gasteiger partial charge on any atom is -0.480 e. The molecular formula is C45H49ClF2N10O6. The smallest absolute Gasteiger partial charge is 0.301 e. The highest BCUT2D eigenvalue weighted by molar-refractivity contribution is 6.33. The second-order valence-corrected chi connectivity index (χ2v) is 18.5. The zero-order chi connectivity index (χ0) is 44.6. The van der Waals surface area contributed by atoms with Crippen molar-refractivity contribution in [3.8, 4) is 5.75 Å². The standard InChI is InChI=1S/C45H49ClF2N10O6/c1-24(2)57-31-9-8-27(20-29(31)36-37(43(57)63)64-23-45(47,48)38(52-36)26-6-7-26)50-39-30(46)21-49-44(53-39)56-18-16-54(17-19-56)22-25-12-14-55(15-13-25)32-5-3-4-28-35(32)42(62)58(41(28)61)33-10-11-34(59)51-40(33)60/h3-5,8-9,20-21,24-26,33,38,52H,6-7,10-19,22-23H2,1-2H3,(H,49,50,53)(H,51,59,60)/t33?,38-/m0/s1. The molecule has 1 aliphatic carbocycles. The maximum Gasteiger partial charge on any atom is 0.301 e. The number of imide groups is 2. The van der Waals surface area contributed by atoms with Crippen LogP contribution in [-0.4, -0.2) is 118 Å². The van der Waals surface area contributed by atoms with Crippen molar-refractivity contribution >= 4 is 75.0 Å². The molecule has 4 fully saturated rings. The Morgan fingerprint density at radius 1 is 0.938 bits per heavy atom. The summed E-state index contributed by atoms with van der Waals surface area (Å²) >= 11 is 6.65. The molecule has 7 heterocycles. The number of nitrogens with one attached hydrogen (secondary N) is 3. The normalized spacial score (nSPS) is 22.9. The Morgan fingerprint density at radius 2 is 1.70 bits per heavy atom. The summed E-state index contributed by atoms with van der Waals surface area (Å²) < 4.78 is 37.8. The van der Waals surface area contributed by atoms with Crippen LogP contribution in [0.25, 0.3) is 10.9 Å². The Labute approximate surface area is 372 Å². The molecule has 64 heavy (non-hydrogen) atoms. The number of fused-ring (bicyclic) bond motifs is 4. The summed E-state index contributed by atoms with van der Waals surface area (Å²) in [5.41, 5.74) is 2.29. The van der Waals surface area contributed by atoms with Gasteiger partial charge in [-0.2, -0.15) is 4.98 Å². The summed E-state index contributed by atoms with van der Waals surface area (Å²) in [6.07, 6.45) is 4.92. The SMILES string of the molecule is CC(C)n1c(=O)c2c(c3cc(Nc4nc(N5CCN(CC6CCN(c7cccc8c7C(=O)N(C7CCC(=O)NC7=O)C8=O)CC6)CC5)ncc4Cl)ccc31)N[C@@H](C1CC1)C(F)(F)CO2. The van der Waals surface area contributed by atoms with E-state index in [1.165, 1.54) is 0 Å². The zero-order valence-electron chi connectivity index (χ0n) is 35.5. The number of hydrogen-bond donors (Lipinski definition) is 3. The summed E-state index contributed by atoms with van der Waals surface area (Å²) in [4.78, 5) is 82.2. The summed E-state index contributed by atoms with van der Waals surface area (Å²) in [6, 6.07) is 8.25. The fourth-order valence-electron chi connectivity index (χ4n) is 10.0. The van der Waals surface area contributed by atoms with Gasteiger partial charge >= 0.3 is 5.92 Å². The molecule has 5 aliphatic heterocycles. The third kappa shape index (κ3) is 7.57. The van der Waals surface area contributed by atoms with Gasteiger partial charge in [-0.1, -0.05) is 17.7 Å². The third-order valence-corrected chi connectivity index (χ3v) is 13.8. The lowest BCUT2D eigenvalue weighted by molar-refractivity contribution is -0.136. The number of rotatable bonds is 9. The number of carbonyl (C=O) groups is 4. The maximum atomic E-state index is 15.3. The van der Waals surface area contributed by atoms with Crippen LogP contribution < -0.4 is 36.0 Å². The van der Waals surface area contributed by atoms with Crippen LogP contribution in [0.2, 0.25) is 5.02 Å². The number of hydrogen-bond acceptors (Lipinski definition) is 13. The van der Waals surface area contributed by atoms with Crippen LogP contribution in [0.1, 0.15) is 79.1 Å². The minimum absolute atomic E-state index is 0.0691. The number of anilines is 5. The first kappa shape index (κ1) is 42.1. The zero-order valence-corrected chi connectivity index (χ0v) is 36.3. The summed E-state index contributed by atoms with van der Waals surface area (Å²) in [5, 5.41) is 9.50. The van der Waals surface area contributed by atoms with Gasteiger partial charge in [0.25, 0.3) is 17.4 Å². The molecule has 6 aliphatic rings. The third-order valence-electron chi connectivity index (χ3n) is 13.5. The predicted molar refractivity (Wildman–Crippen MR) is 236 cm³/mol. The average molecular weight is 899 g/mol. The van der Waals surface area contributed by atoms with Crippen LogP contribution in [0.4, 0.5) is 37.6 Å². The van der Waals surface area contributed by atoms with Gasteiger partial charge in [-0.15, -0.1) is 0 Å². The van der Waals surface area contributed by atoms with Crippen LogP contribution in [0.5, 0.6) is 5.75 Å². The molecule has 0 bridgehead atoms. The van der Waals surface area contributed by atoms with Crippen molar-refractivity contribution < 1.29 is 32.7 Å². The highest BCUT2D eigenvalue weighted by Gasteiger charge is 2.51. The molecule has 2 atom stereocenters. The van der Waals surface area contributed by atoms with E-state index < -0.39 is 53.8 Å². The van der Waals surface area contributed by atoms with Crippen molar-refractivity contribution in [1.29, 1.82) is 0 Å². The van der Waals surface area contributed by atoms with Gasteiger partial charge in [0.2, 0.25) is 23.5 Å². The van der Waals surface area contributed by atoms with Crippen LogP contribution in [0.3, 0.4) is 0 Å². The van der Waals surface area contributed by atoms with E-state index in [-0.39, 0.29) is 41.8 Å². The number of amides is 4. The Balaban J connectivity index is 0.782. The van der Waals surface area contributed by atoms with Crippen molar-refractivity contribution in [2.45, 2.75) is 76.4 Å². The molecule has 2 aromatic heterocycles. The Morgan fingerprint density at radius 3 is 2.42 bits per heavy atom. The van der Waals surface area contributed by atoms with E-state index in [9.17, 15) is 24.0 Å². The van der Waals surface area contributed by atoms with Gasteiger partial charge in [0.1, 0.15) is 11.1 Å². The fourth-order valence-corrected chi connectivity index (χ4v) is 10.2. The number of pyridine rings is 1. The van der Waals surface area contributed by atoms with Gasteiger partial charge in [0, 0.05) is 69.3 Å². The number of carbonyl (C=O) groups excluding carboxylic acids is 4. The number of halogens is 3. The summed E-state index contributed by atoms with van der Waals surface area (Å²) in [7, 11) is 0. The topological polar surface area (TPSA) is 174 Å². The first-order valence-electron chi connectivity index (χ1n) is 22.1. The number of benzene rings is 2. The molecule has 3 saturated heterocycles. The molecule has 3 N–H and O–H groups in total. The molecule has 19 heteroatoms. The van der Waals surface area contributed by atoms with Gasteiger partial charge in [0.05, 0.1) is 40.3 Å². The van der Waals surface area contributed by atoms with Crippen LogP contribution in [-0.2, 0) is 9.59 Å². The van der Waals surface area contributed by atoms with Crippen LogP contribution in [0.15, 0.2) is 47.4 Å². The largest absolute Gasteiger partial charge is 0.480 e. The Hall–Kier alpha value is -5.88. The highest BCUT2D eigenvalue weighted by atomic mass is 35.5. The van der Waals surface area contributed by atoms with Crippen LogP contribution in [0, 0.1) is 11.8 Å². The Kier molecular flexibility index (Phi) is 10.7. The van der Waals surface area contributed by atoms with E-state index in [1.54, 1.807) is 29.0 Å². The molecule has 336 valence electrons. The molecule has 4 aromatic rings. The minimum atomic E-state index is -3.16. The quantitative estimate of drug-likeness (QED) is 0.182. The van der Waals surface area contributed by atoms with Crippen molar-refractivity contribution in [1.82, 2.24) is 29.7 Å². The van der Waals surface area contributed by atoms with Crippen LogP contribution >= 0.6 is 11.6 Å². The maximum absolute atomic E-state index is 15.3. The second kappa shape index (κ2) is 16.3. The molecule has 10 rings (SSSR count). The van der Waals surface area contributed by atoms with E-state index in [4.69, 9.17) is 21.3 Å². The van der Waals surface area contributed by atoms with E-state index in [0.717, 1.165) is 37.4 Å². The molecule has 16 nitrogen and oxygen atoms in total. The molecule has 0 radical (unpaired) electrons. The molecule has 1 unspecified atom stereocenters. The van der Waals surface area contributed by atoms with Gasteiger partial charge in [-0.3, -0.25) is 39.1 Å². The van der Waals surface area contributed by atoms with E-state index in [0.29, 0.717) is 89.6 Å². The number of piperidine rings is 2. The molecule has 4 amide bonds. The summed E-state index contributed by atoms with van der Waals surface area (Å²) in [6.45, 7) is 8.21. The monoisotopic (exact) mass is 898 g/mol. The lowest BCUT2D eigenvalue weighted by Gasteiger charge is -2.39. The number of ether oxygens (including phenoxy) is 1. The lowest BCUT2D eigenvalue weighted by Crippen LogP contribution is -2.54. The molecule has 1 saturated carbocycles. The van der Waals surface area contributed by atoms with Gasteiger partial charge in [-0.25, -0.2) is 13.8 Å². The molecule has 0 spiro atoms. The number of aromatic nitrogens is 3. The first-order chi connectivity index (χ1) is 30.8. The molecule has 2 aromatic carbocycles. The van der Waals surface area contributed by atoms with Crippen molar-refractivity contribution in [3.63, 3.8) is 0 Å². The van der Waals surface area contributed by atoms with Gasteiger partial charge < -0.3 is 29.7 Å². The van der Waals surface area contributed by atoms with Crippen molar-refractivity contribution in [2.75, 3.05) is 72.9 Å². The van der Waals surface area contributed by atoms with E-state index in [2.05, 4.69) is 35.6 Å². The second-order valence-electron chi connectivity index (χ2n) is 18.1.